The number of nitro groups is 2. The van der Waals surface area contributed by atoms with Gasteiger partial charge in [-0.05, 0) is 85.5 Å². The fourth-order valence-electron chi connectivity index (χ4n) is 7.47. The summed E-state index contributed by atoms with van der Waals surface area (Å²) in [6.45, 7) is 16.0. The third-order valence-corrected chi connectivity index (χ3v) is 10.4. The molecule has 3 fully saturated rings. The lowest BCUT2D eigenvalue weighted by molar-refractivity contribution is -0.394. The van der Waals surface area contributed by atoms with E-state index in [9.17, 15) is 25.0 Å². The molecule has 232 valence electrons. The lowest BCUT2D eigenvalue weighted by Crippen LogP contribution is -2.35. The number of ether oxygens (including phenoxy) is 1. The average molecular weight is 591 g/mol. The number of esters is 1. The number of nitro benzene ring substituents is 2. The molecular weight excluding hydrogens is 544 g/mol. The van der Waals surface area contributed by atoms with E-state index < -0.39 is 33.3 Å². The van der Waals surface area contributed by atoms with Crippen LogP contribution in [0.2, 0.25) is 0 Å². The Bertz CT molecular complexity index is 1330. The third-order valence-electron chi connectivity index (χ3n) is 10.4. The van der Waals surface area contributed by atoms with E-state index in [-0.39, 0.29) is 11.0 Å². The number of hydrogen-bond acceptors (Lipinski definition) is 6. The van der Waals surface area contributed by atoms with Crippen LogP contribution in [0.25, 0.3) is 0 Å². The van der Waals surface area contributed by atoms with Crippen molar-refractivity contribution in [1.82, 2.24) is 0 Å². The monoisotopic (exact) mass is 590 g/mol. The Kier molecular flexibility index (Phi) is 10.1. The molecule has 0 radical (unpaired) electrons. The maximum absolute atomic E-state index is 12.9. The van der Waals surface area contributed by atoms with Crippen LogP contribution in [0, 0.1) is 55.2 Å². The van der Waals surface area contributed by atoms with Crippen LogP contribution in [0.5, 0.6) is 0 Å². The first-order valence-corrected chi connectivity index (χ1v) is 15.7. The van der Waals surface area contributed by atoms with Crippen LogP contribution in [0.15, 0.2) is 65.8 Å². The van der Waals surface area contributed by atoms with Crippen molar-refractivity contribution in [2.24, 2.45) is 35.0 Å². The molecule has 0 unspecified atom stereocenters. The van der Waals surface area contributed by atoms with Crippen molar-refractivity contribution < 1.29 is 19.4 Å². The zero-order valence-corrected chi connectivity index (χ0v) is 26.2. The Morgan fingerprint density at radius 2 is 1.67 bits per heavy atom. The highest BCUT2D eigenvalue weighted by atomic mass is 16.6. The largest absolute Gasteiger partial charge is 0.458 e. The Labute approximate surface area is 255 Å². The molecule has 0 heterocycles. The minimum atomic E-state index is -0.798. The molecule has 3 aliphatic carbocycles. The molecule has 0 amide bonds. The van der Waals surface area contributed by atoms with Gasteiger partial charge in [-0.25, -0.2) is 4.79 Å². The van der Waals surface area contributed by atoms with Crippen molar-refractivity contribution in [3.63, 3.8) is 0 Å². The molecule has 8 nitrogen and oxygen atoms in total. The van der Waals surface area contributed by atoms with Crippen LogP contribution < -0.4 is 0 Å². The second-order valence-electron chi connectivity index (χ2n) is 13.5. The van der Waals surface area contributed by atoms with E-state index in [1.807, 2.05) is 0 Å². The SMILES string of the molecule is C=C1CC[C@@H](OC(=O)c2cc([N+](=O)[O-])cc([N+](=O)[O-])c2)C/C1=C/C=C1\CCC[C@@]2(C)[C@H]1CC[C@H]2[C@@H](C)/C=C/[C@@H](C)C(C)C. The predicted molar refractivity (Wildman–Crippen MR) is 169 cm³/mol. The summed E-state index contributed by atoms with van der Waals surface area (Å²) >= 11 is 0. The number of hydrogen-bond donors (Lipinski definition) is 0. The van der Waals surface area contributed by atoms with Crippen molar-refractivity contribution in [2.75, 3.05) is 0 Å². The van der Waals surface area contributed by atoms with Crippen molar-refractivity contribution in [3.8, 4) is 0 Å². The van der Waals surface area contributed by atoms with Crippen LogP contribution in [0.3, 0.4) is 0 Å². The first kappa shape index (κ1) is 32.4. The summed E-state index contributed by atoms with van der Waals surface area (Å²) in [7, 11) is 0. The molecule has 0 aliphatic heterocycles. The quantitative estimate of drug-likeness (QED) is 0.123. The molecule has 3 aliphatic rings. The molecule has 4 rings (SSSR count). The maximum atomic E-state index is 12.9. The van der Waals surface area contributed by atoms with Crippen LogP contribution in [-0.2, 0) is 4.74 Å². The minimum Gasteiger partial charge on any atom is -0.458 e. The molecule has 0 spiro atoms. The molecule has 0 aromatic heterocycles. The van der Waals surface area contributed by atoms with Crippen LogP contribution in [0.1, 0.15) is 96.3 Å². The van der Waals surface area contributed by atoms with Crippen LogP contribution in [-0.4, -0.2) is 21.9 Å². The number of allylic oxidation sites excluding steroid dienone is 6. The van der Waals surface area contributed by atoms with E-state index in [0.29, 0.717) is 48.9 Å². The summed E-state index contributed by atoms with van der Waals surface area (Å²) in [6.07, 6.45) is 16.6. The minimum absolute atomic E-state index is 0.196. The van der Waals surface area contributed by atoms with Gasteiger partial charge in [-0.15, -0.1) is 0 Å². The molecule has 43 heavy (non-hydrogen) atoms. The highest BCUT2D eigenvalue weighted by molar-refractivity contribution is 5.91. The standard InChI is InChI=1S/C35H46N2O6/c1-22(2)23(3)9-10-25(5)32-15-16-33-26(8-7-17-35(32,33)6)12-13-27-20-31(14-11-24(27)4)43-34(38)28-18-29(36(39)40)21-30(19-28)37(41)42/h9-10,12-13,18-19,21-23,25,31-33H,4,7-8,11,14-17,20H2,1-3,5-6H3/b10-9+,26-12+,27-13-/t23-,25+,31-,32+,33+,35-/m1/s1. The Morgan fingerprint density at radius 1 is 1.00 bits per heavy atom. The van der Waals surface area contributed by atoms with E-state index in [1.165, 1.54) is 31.3 Å². The number of carbonyl (C=O) groups excluding carboxylic acids is 1. The van der Waals surface area contributed by atoms with Gasteiger partial charge < -0.3 is 4.74 Å². The van der Waals surface area contributed by atoms with E-state index in [2.05, 4.69) is 65.5 Å². The van der Waals surface area contributed by atoms with E-state index in [4.69, 9.17) is 4.74 Å². The first-order valence-electron chi connectivity index (χ1n) is 15.7. The Hall–Kier alpha value is -3.55. The fourth-order valence-corrected chi connectivity index (χ4v) is 7.47. The van der Waals surface area contributed by atoms with Gasteiger partial charge in [-0.3, -0.25) is 20.2 Å². The molecule has 1 aromatic carbocycles. The van der Waals surface area contributed by atoms with Gasteiger partial charge in [0.05, 0.1) is 21.5 Å². The van der Waals surface area contributed by atoms with Crippen molar-refractivity contribution in [2.45, 2.75) is 92.1 Å². The van der Waals surface area contributed by atoms with Gasteiger partial charge in [0.2, 0.25) is 0 Å². The molecule has 1 aromatic rings. The number of benzene rings is 1. The molecular formula is C35H46N2O6. The van der Waals surface area contributed by atoms with E-state index in [1.54, 1.807) is 0 Å². The molecule has 0 bridgehead atoms. The van der Waals surface area contributed by atoms with Crippen molar-refractivity contribution in [3.05, 3.63) is 91.6 Å². The van der Waals surface area contributed by atoms with Crippen molar-refractivity contribution >= 4 is 17.3 Å². The normalized spacial score (nSPS) is 29.2. The molecule has 6 atom stereocenters. The van der Waals surface area contributed by atoms with E-state index in [0.717, 1.165) is 35.8 Å². The third kappa shape index (κ3) is 7.34. The van der Waals surface area contributed by atoms with Crippen LogP contribution in [0.4, 0.5) is 11.4 Å². The smallest absolute Gasteiger partial charge is 0.338 e. The highest BCUT2D eigenvalue weighted by Gasteiger charge is 2.50. The highest BCUT2D eigenvalue weighted by Crippen LogP contribution is 2.59. The molecule has 3 saturated carbocycles. The number of carbonyl (C=O) groups is 1. The number of rotatable bonds is 9. The molecule has 0 N–H and O–H groups in total. The molecule has 8 heteroatoms. The summed E-state index contributed by atoms with van der Waals surface area (Å²) < 4.78 is 5.70. The first-order chi connectivity index (χ1) is 20.3. The second-order valence-corrected chi connectivity index (χ2v) is 13.5. The summed E-state index contributed by atoms with van der Waals surface area (Å²) in [5.41, 5.74) is 2.63. The van der Waals surface area contributed by atoms with Gasteiger partial charge in [0.25, 0.3) is 11.4 Å². The van der Waals surface area contributed by atoms with Gasteiger partial charge in [0, 0.05) is 18.6 Å². The zero-order chi connectivity index (χ0) is 31.5. The zero-order valence-electron chi connectivity index (χ0n) is 26.2. The predicted octanol–water partition coefficient (Wildman–Crippen LogP) is 9.32. The topological polar surface area (TPSA) is 113 Å². The Morgan fingerprint density at radius 3 is 2.30 bits per heavy atom. The lowest BCUT2D eigenvalue weighted by atomic mass is 9.61. The van der Waals surface area contributed by atoms with E-state index >= 15 is 0 Å². The summed E-state index contributed by atoms with van der Waals surface area (Å²) in [4.78, 5) is 33.9. The van der Waals surface area contributed by atoms with Gasteiger partial charge in [0.15, 0.2) is 0 Å². The average Bonchev–Trinajstić information content (AvgIpc) is 3.33. The number of nitrogens with zero attached hydrogens (tertiary/aromatic N) is 2. The Balaban J connectivity index is 1.47. The summed E-state index contributed by atoms with van der Waals surface area (Å²) in [5.74, 6) is 2.21. The number of fused-ring (bicyclic) bond motifs is 1. The summed E-state index contributed by atoms with van der Waals surface area (Å²) in [6, 6.07) is 2.88. The maximum Gasteiger partial charge on any atom is 0.338 e. The second kappa shape index (κ2) is 13.4. The van der Waals surface area contributed by atoms with Gasteiger partial charge in [-0.2, -0.15) is 0 Å². The van der Waals surface area contributed by atoms with Gasteiger partial charge in [-0.1, -0.05) is 76.6 Å². The van der Waals surface area contributed by atoms with Gasteiger partial charge in [0.1, 0.15) is 6.10 Å². The van der Waals surface area contributed by atoms with Crippen LogP contribution >= 0.6 is 0 Å². The van der Waals surface area contributed by atoms with Crippen molar-refractivity contribution in [1.29, 1.82) is 0 Å². The molecule has 0 saturated heterocycles. The summed E-state index contributed by atoms with van der Waals surface area (Å²) in [5, 5.41) is 22.5. The van der Waals surface area contributed by atoms with Gasteiger partial charge >= 0.3 is 5.97 Å². The fraction of sp³-hybridized carbons (Fsp3) is 0.571. The lowest BCUT2D eigenvalue weighted by Gasteiger charge is -2.44. The number of non-ortho nitro benzene ring substituents is 2.